The van der Waals surface area contributed by atoms with Gasteiger partial charge in [-0.3, -0.25) is 4.90 Å². The summed E-state index contributed by atoms with van der Waals surface area (Å²) in [7, 11) is 0. The molecule has 0 heterocycles. The van der Waals surface area contributed by atoms with Crippen LogP contribution in [0.1, 0.15) is 5.56 Å². The van der Waals surface area contributed by atoms with Gasteiger partial charge in [-0.2, -0.15) is 0 Å². The van der Waals surface area contributed by atoms with Crippen LogP contribution in [0.15, 0.2) is 24.3 Å². The maximum atomic E-state index is 12.7. The monoisotopic (exact) mass is 249 g/mol. The van der Waals surface area contributed by atoms with E-state index in [0.29, 0.717) is 11.8 Å². The Morgan fingerprint density at radius 1 is 1.00 bits per heavy atom. The SMILES string of the molecule is Fc1ccc(CN(CCCl)CCCl)cc1. The van der Waals surface area contributed by atoms with Gasteiger partial charge < -0.3 is 0 Å². The standard InChI is InChI=1S/C11H14Cl2FN/c12-5-7-15(8-6-13)9-10-1-3-11(14)4-2-10/h1-4H,5-9H2. The van der Waals surface area contributed by atoms with Crippen LogP contribution in [0.2, 0.25) is 0 Å². The molecule has 0 radical (unpaired) electrons. The molecular weight excluding hydrogens is 236 g/mol. The Kier molecular flexibility index (Phi) is 5.99. The fourth-order valence-electron chi connectivity index (χ4n) is 1.36. The molecule has 0 aromatic heterocycles. The van der Waals surface area contributed by atoms with E-state index in [-0.39, 0.29) is 5.82 Å². The summed E-state index contributed by atoms with van der Waals surface area (Å²) >= 11 is 11.4. The zero-order valence-electron chi connectivity index (χ0n) is 8.43. The zero-order valence-corrected chi connectivity index (χ0v) is 9.94. The third kappa shape index (κ3) is 4.83. The summed E-state index contributed by atoms with van der Waals surface area (Å²) < 4.78 is 12.7. The highest BCUT2D eigenvalue weighted by Gasteiger charge is 2.04. The van der Waals surface area contributed by atoms with Gasteiger partial charge in [0, 0.05) is 31.4 Å². The van der Waals surface area contributed by atoms with Crippen LogP contribution >= 0.6 is 23.2 Å². The molecule has 15 heavy (non-hydrogen) atoms. The van der Waals surface area contributed by atoms with E-state index in [1.54, 1.807) is 12.1 Å². The molecule has 0 aliphatic carbocycles. The summed E-state index contributed by atoms with van der Waals surface area (Å²) in [6.07, 6.45) is 0. The van der Waals surface area contributed by atoms with E-state index < -0.39 is 0 Å². The van der Waals surface area contributed by atoms with Crippen LogP contribution in [0, 0.1) is 5.82 Å². The maximum Gasteiger partial charge on any atom is 0.123 e. The molecule has 0 spiro atoms. The molecular formula is C11H14Cl2FN. The van der Waals surface area contributed by atoms with Crippen LogP contribution < -0.4 is 0 Å². The second-order valence-corrected chi connectivity index (χ2v) is 4.04. The van der Waals surface area contributed by atoms with Gasteiger partial charge in [0.25, 0.3) is 0 Å². The van der Waals surface area contributed by atoms with Crippen molar-refractivity contribution < 1.29 is 4.39 Å². The van der Waals surface area contributed by atoms with E-state index in [1.165, 1.54) is 12.1 Å². The first-order valence-electron chi connectivity index (χ1n) is 4.85. The first-order valence-corrected chi connectivity index (χ1v) is 5.92. The summed E-state index contributed by atoms with van der Waals surface area (Å²) in [6, 6.07) is 6.50. The minimum atomic E-state index is -0.208. The molecule has 0 bridgehead atoms. The van der Waals surface area contributed by atoms with Crippen molar-refractivity contribution in [3.05, 3.63) is 35.6 Å². The van der Waals surface area contributed by atoms with Gasteiger partial charge in [-0.15, -0.1) is 23.2 Å². The molecule has 0 aliphatic rings. The molecule has 0 aliphatic heterocycles. The first-order chi connectivity index (χ1) is 7.26. The number of hydrogen-bond acceptors (Lipinski definition) is 1. The molecule has 0 amide bonds. The fraction of sp³-hybridized carbons (Fsp3) is 0.455. The molecule has 1 aromatic rings. The van der Waals surface area contributed by atoms with Gasteiger partial charge in [-0.1, -0.05) is 12.1 Å². The van der Waals surface area contributed by atoms with Gasteiger partial charge in [0.15, 0.2) is 0 Å². The Bertz CT molecular complexity index is 270. The molecule has 1 aromatic carbocycles. The van der Waals surface area contributed by atoms with Crippen molar-refractivity contribution in [2.45, 2.75) is 6.54 Å². The summed E-state index contributed by atoms with van der Waals surface area (Å²) in [5.74, 6) is 0.955. The number of nitrogens with zero attached hydrogens (tertiary/aromatic N) is 1. The van der Waals surface area contributed by atoms with Crippen molar-refractivity contribution in [2.75, 3.05) is 24.8 Å². The van der Waals surface area contributed by atoms with Crippen molar-refractivity contribution in [2.24, 2.45) is 0 Å². The lowest BCUT2D eigenvalue weighted by Crippen LogP contribution is -2.27. The van der Waals surface area contributed by atoms with Crippen molar-refractivity contribution in [3.8, 4) is 0 Å². The summed E-state index contributed by atoms with van der Waals surface area (Å²) in [5.41, 5.74) is 1.08. The quantitative estimate of drug-likeness (QED) is 0.701. The van der Waals surface area contributed by atoms with Crippen molar-refractivity contribution in [3.63, 3.8) is 0 Å². The Balaban J connectivity index is 2.53. The van der Waals surface area contributed by atoms with Crippen LogP contribution in [-0.2, 0) is 6.54 Å². The number of alkyl halides is 2. The van der Waals surface area contributed by atoms with Gasteiger partial charge in [0.1, 0.15) is 5.82 Å². The Labute approximate surface area is 99.8 Å². The molecule has 1 nitrogen and oxygen atoms in total. The molecule has 0 atom stereocenters. The molecule has 0 saturated carbocycles. The van der Waals surface area contributed by atoms with E-state index in [2.05, 4.69) is 4.90 Å². The summed E-state index contributed by atoms with van der Waals surface area (Å²) in [6.45, 7) is 2.36. The maximum absolute atomic E-state index is 12.7. The van der Waals surface area contributed by atoms with Gasteiger partial charge in [-0.25, -0.2) is 4.39 Å². The molecule has 4 heteroatoms. The molecule has 84 valence electrons. The Morgan fingerprint density at radius 2 is 1.53 bits per heavy atom. The molecule has 0 N–H and O–H groups in total. The molecule has 0 fully saturated rings. The molecule has 1 rings (SSSR count). The minimum absolute atomic E-state index is 0.208. The predicted molar refractivity (Wildman–Crippen MR) is 63.1 cm³/mol. The second kappa shape index (κ2) is 7.04. The first kappa shape index (κ1) is 12.8. The average molecular weight is 250 g/mol. The largest absolute Gasteiger partial charge is 0.297 e. The van der Waals surface area contributed by atoms with Crippen molar-refractivity contribution in [1.29, 1.82) is 0 Å². The van der Waals surface area contributed by atoms with Crippen LogP contribution in [0.3, 0.4) is 0 Å². The summed E-state index contributed by atoms with van der Waals surface area (Å²) in [5, 5.41) is 0. The van der Waals surface area contributed by atoms with Gasteiger partial charge >= 0.3 is 0 Å². The van der Waals surface area contributed by atoms with Crippen LogP contribution in [0.5, 0.6) is 0 Å². The third-order valence-corrected chi connectivity index (χ3v) is 2.46. The van der Waals surface area contributed by atoms with E-state index in [0.717, 1.165) is 25.2 Å². The Morgan fingerprint density at radius 3 is 2.00 bits per heavy atom. The number of rotatable bonds is 6. The summed E-state index contributed by atoms with van der Waals surface area (Å²) in [4.78, 5) is 2.15. The number of benzene rings is 1. The minimum Gasteiger partial charge on any atom is -0.297 e. The smallest absolute Gasteiger partial charge is 0.123 e. The van der Waals surface area contributed by atoms with E-state index in [9.17, 15) is 4.39 Å². The highest BCUT2D eigenvalue weighted by Crippen LogP contribution is 2.06. The Hall–Kier alpha value is -0.310. The zero-order chi connectivity index (χ0) is 11.1. The number of hydrogen-bond donors (Lipinski definition) is 0. The van der Waals surface area contributed by atoms with Gasteiger partial charge in [0.05, 0.1) is 0 Å². The predicted octanol–water partition coefficient (Wildman–Crippen LogP) is 3.11. The normalized spacial score (nSPS) is 10.9. The van der Waals surface area contributed by atoms with Gasteiger partial charge in [0.2, 0.25) is 0 Å². The van der Waals surface area contributed by atoms with Crippen molar-refractivity contribution in [1.82, 2.24) is 4.90 Å². The average Bonchev–Trinajstić information content (AvgIpc) is 2.22. The second-order valence-electron chi connectivity index (χ2n) is 3.28. The fourth-order valence-corrected chi connectivity index (χ4v) is 1.84. The van der Waals surface area contributed by atoms with E-state index in [1.807, 2.05) is 0 Å². The topological polar surface area (TPSA) is 3.24 Å². The van der Waals surface area contributed by atoms with Crippen LogP contribution in [0.25, 0.3) is 0 Å². The third-order valence-electron chi connectivity index (χ3n) is 2.12. The lowest BCUT2D eigenvalue weighted by molar-refractivity contribution is 0.299. The van der Waals surface area contributed by atoms with E-state index in [4.69, 9.17) is 23.2 Å². The highest BCUT2D eigenvalue weighted by atomic mass is 35.5. The highest BCUT2D eigenvalue weighted by molar-refractivity contribution is 6.18. The van der Waals surface area contributed by atoms with Crippen LogP contribution in [0.4, 0.5) is 4.39 Å². The van der Waals surface area contributed by atoms with E-state index >= 15 is 0 Å². The van der Waals surface area contributed by atoms with Crippen molar-refractivity contribution >= 4 is 23.2 Å². The van der Waals surface area contributed by atoms with Gasteiger partial charge in [-0.05, 0) is 17.7 Å². The lowest BCUT2D eigenvalue weighted by Gasteiger charge is -2.19. The number of halogens is 3. The molecule has 0 unspecified atom stereocenters. The molecule has 0 saturated heterocycles. The lowest BCUT2D eigenvalue weighted by atomic mass is 10.2. The van der Waals surface area contributed by atoms with Crippen LogP contribution in [-0.4, -0.2) is 29.7 Å².